The molecule has 2 N–H and O–H groups in total. The van der Waals surface area contributed by atoms with Crippen molar-refractivity contribution in [2.75, 3.05) is 19.8 Å². The quantitative estimate of drug-likeness (QED) is 0.537. The fourth-order valence-corrected chi connectivity index (χ4v) is 2.10. The predicted octanol–water partition coefficient (Wildman–Crippen LogP) is 1.88. The third kappa shape index (κ3) is 5.32. The van der Waals surface area contributed by atoms with Crippen LogP contribution >= 0.6 is 38.5 Å². The number of nitrogens with one attached hydrogen (secondary N) is 1. The summed E-state index contributed by atoms with van der Waals surface area (Å²) in [6.45, 7) is 0.0849. The number of benzene rings is 1. The zero-order valence-corrected chi connectivity index (χ0v) is 13.0. The molecule has 0 fully saturated rings. The second kappa shape index (κ2) is 7.70. The van der Waals surface area contributed by atoms with Gasteiger partial charge in [-0.15, -0.1) is 0 Å². The molecule has 0 aromatic heterocycles. The molecule has 98 valence electrons. The average molecular weight is 428 g/mol. The number of carboxylic acid groups (broad SMARTS) is 1. The van der Waals surface area contributed by atoms with Crippen LogP contribution in [-0.2, 0) is 9.53 Å². The summed E-state index contributed by atoms with van der Waals surface area (Å²) < 4.78 is 6.49. The SMILES string of the molecule is O=C(O)COCCNC(=O)c1cc(Br)ccc1I. The Morgan fingerprint density at radius 1 is 1.44 bits per heavy atom. The summed E-state index contributed by atoms with van der Waals surface area (Å²) in [5.41, 5.74) is 0.572. The molecule has 1 rings (SSSR count). The molecule has 1 aromatic carbocycles. The molecule has 1 amide bonds. The summed E-state index contributed by atoms with van der Waals surface area (Å²) in [6.07, 6.45) is 0. The molecule has 7 heteroatoms. The van der Waals surface area contributed by atoms with Crippen molar-refractivity contribution in [1.29, 1.82) is 0 Å². The first kappa shape index (κ1) is 15.4. The number of halogens is 2. The minimum absolute atomic E-state index is 0.169. The maximum Gasteiger partial charge on any atom is 0.329 e. The van der Waals surface area contributed by atoms with Crippen LogP contribution in [0.1, 0.15) is 10.4 Å². The Morgan fingerprint density at radius 2 is 2.17 bits per heavy atom. The van der Waals surface area contributed by atoms with Crippen molar-refractivity contribution >= 4 is 50.4 Å². The van der Waals surface area contributed by atoms with Crippen LogP contribution in [-0.4, -0.2) is 36.7 Å². The summed E-state index contributed by atoms with van der Waals surface area (Å²) in [7, 11) is 0. The maximum absolute atomic E-state index is 11.8. The molecule has 0 heterocycles. The van der Waals surface area contributed by atoms with Gasteiger partial charge in [0.1, 0.15) is 6.61 Å². The molecule has 18 heavy (non-hydrogen) atoms. The first-order valence-electron chi connectivity index (χ1n) is 5.03. The Balaban J connectivity index is 2.41. The van der Waals surface area contributed by atoms with Crippen molar-refractivity contribution in [1.82, 2.24) is 5.32 Å². The molecule has 0 bridgehead atoms. The van der Waals surface area contributed by atoms with Crippen LogP contribution in [0.3, 0.4) is 0 Å². The van der Waals surface area contributed by atoms with Crippen LogP contribution in [0.4, 0.5) is 0 Å². The number of ether oxygens (including phenoxy) is 1. The van der Waals surface area contributed by atoms with Crippen LogP contribution in [0.5, 0.6) is 0 Å². The molecule has 0 atom stereocenters. The molecule has 0 unspecified atom stereocenters. The van der Waals surface area contributed by atoms with Crippen molar-refractivity contribution in [2.45, 2.75) is 0 Å². The van der Waals surface area contributed by atoms with Crippen LogP contribution in [0.2, 0.25) is 0 Å². The fraction of sp³-hybridized carbons (Fsp3) is 0.273. The van der Waals surface area contributed by atoms with Gasteiger partial charge in [0.15, 0.2) is 0 Å². The van der Waals surface area contributed by atoms with Gasteiger partial charge in [0.05, 0.1) is 12.2 Å². The highest BCUT2D eigenvalue weighted by atomic mass is 127. The van der Waals surface area contributed by atoms with Crippen molar-refractivity contribution < 1.29 is 19.4 Å². The van der Waals surface area contributed by atoms with Gasteiger partial charge >= 0.3 is 5.97 Å². The summed E-state index contributed by atoms with van der Waals surface area (Å²) in [4.78, 5) is 22.0. The van der Waals surface area contributed by atoms with Gasteiger partial charge in [-0.1, -0.05) is 15.9 Å². The number of hydrogen-bond donors (Lipinski definition) is 2. The zero-order valence-electron chi connectivity index (χ0n) is 9.28. The molecular formula is C11H11BrINO4. The van der Waals surface area contributed by atoms with Gasteiger partial charge in [-0.3, -0.25) is 4.79 Å². The van der Waals surface area contributed by atoms with E-state index in [-0.39, 0.29) is 25.7 Å². The van der Waals surface area contributed by atoms with Crippen molar-refractivity contribution in [3.05, 3.63) is 31.8 Å². The van der Waals surface area contributed by atoms with Gasteiger partial charge in [-0.05, 0) is 40.8 Å². The normalized spacial score (nSPS) is 10.1. The van der Waals surface area contributed by atoms with E-state index in [4.69, 9.17) is 9.84 Å². The Bertz CT molecular complexity index is 453. The maximum atomic E-state index is 11.8. The summed E-state index contributed by atoms with van der Waals surface area (Å²) in [5, 5.41) is 11.0. The molecular weight excluding hydrogens is 417 g/mol. The Kier molecular flexibility index (Phi) is 6.58. The Morgan fingerprint density at radius 3 is 2.83 bits per heavy atom. The minimum Gasteiger partial charge on any atom is -0.480 e. The molecule has 0 aliphatic rings. The number of amides is 1. The molecule has 0 radical (unpaired) electrons. The van der Waals surface area contributed by atoms with E-state index in [1.165, 1.54) is 0 Å². The predicted molar refractivity (Wildman–Crippen MR) is 77.6 cm³/mol. The van der Waals surface area contributed by atoms with E-state index in [1.807, 2.05) is 12.1 Å². The van der Waals surface area contributed by atoms with Crippen LogP contribution in [0.15, 0.2) is 22.7 Å². The van der Waals surface area contributed by atoms with Crippen molar-refractivity contribution in [3.8, 4) is 0 Å². The van der Waals surface area contributed by atoms with E-state index in [0.29, 0.717) is 5.56 Å². The van der Waals surface area contributed by atoms with E-state index < -0.39 is 5.97 Å². The molecule has 1 aromatic rings. The van der Waals surface area contributed by atoms with Crippen LogP contribution < -0.4 is 5.32 Å². The lowest BCUT2D eigenvalue weighted by Crippen LogP contribution is -2.28. The topological polar surface area (TPSA) is 75.6 Å². The molecule has 0 spiro atoms. The monoisotopic (exact) mass is 427 g/mol. The number of carbonyl (C=O) groups is 2. The van der Waals surface area contributed by atoms with Gasteiger partial charge in [-0.2, -0.15) is 0 Å². The number of hydrogen-bond acceptors (Lipinski definition) is 3. The van der Waals surface area contributed by atoms with Crippen molar-refractivity contribution in [3.63, 3.8) is 0 Å². The van der Waals surface area contributed by atoms with E-state index in [9.17, 15) is 9.59 Å². The summed E-state index contributed by atoms with van der Waals surface area (Å²) in [5.74, 6) is -1.23. The first-order valence-corrected chi connectivity index (χ1v) is 6.90. The van der Waals surface area contributed by atoms with Gasteiger partial charge in [0, 0.05) is 14.6 Å². The third-order valence-electron chi connectivity index (χ3n) is 1.93. The molecule has 0 aliphatic heterocycles. The second-order valence-electron chi connectivity index (χ2n) is 3.33. The third-order valence-corrected chi connectivity index (χ3v) is 3.36. The number of rotatable bonds is 6. The van der Waals surface area contributed by atoms with E-state index in [2.05, 4.69) is 43.8 Å². The molecule has 0 saturated carbocycles. The van der Waals surface area contributed by atoms with Crippen LogP contribution in [0.25, 0.3) is 0 Å². The number of aliphatic carboxylic acids is 1. The van der Waals surface area contributed by atoms with E-state index in [0.717, 1.165) is 8.04 Å². The highest BCUT2D eigenvalue weighted by molar-refractivity contribution is 14.1. The average Bonchev–Trinajstić information content (AvgIpc) is 2.31. The van der Waals surface area contributed by atoms with Gasteiger partial charge in [0.2, 0.25) is 0 Å². The fourth-order valence-electron chi connectivity index (χ4n) is 1.16. The van der Waals surface area contributed by atoms with E-state index >= 15 is 0 Å². The smallest absolute Gasteiger partial charge is 0.329 e. The lowest BCUT2D eigenvalue weighted by Gasteiger charge is -2.07. The highest BCUT2D eigenvalue weighted by Crippen LogP contribution is 2.18. The van der Waals surface area contributed by atoms with Crippen LogP contribution in [0, 0.1) is 3.57 Å². The number of carboxylic acids is 1. The first-order chi connectivity index (χ1) is 8.50. The second-order valence-corrected chi connectivity index (χ2v) is 5.40. The summed E-state index contributed by atoms with van der Waals surface area (Å²) >= 11 is 5.38. The molecule has 0 aliphatic carbocycles. The highest BCUT2D eigenvalue weighted by Gasteiger charge is 2.09. The largest absolute Gasteiger partial charge is 0.480 e. The number of carbonyl (C=O) groups excluding carboxylic acids is 1. The van der Waals surface area contributed by atoms with Crippen molar-refractivity contribution in [2.24, 2.45) is 0 Å². The van der Waals surface area contributed by atoms with E-state index in [1.54, 1.807) is 6.07 Å². The molecule has 5 nitrogen and oxygen atoms in total. The molecule has 0 saturated heterocycles. The zero-order chi connectivity index (χ0) is 13.5. The Labute approximate surface area is 126 Å². The lowest BCUT2D eigenvalue weighted by molar-refractivity contribution is -0.142. The van der Waals surface area contributed by atoms with Gasteiger partial charge < -0.3 is 15.2 Å². The summed E-state index contributed by atoms with van der Waals surface area (Å²) in [6, 6.07) is 5.42. The lowest BCUT2D eigenvalue weighted by atomic mass is 10.2. The minimum atomic E-state index is -1.03. The standard InChI is InChI=1S/C11H11BrINO4/c12-7-1-2-9(13)8(5-7)11(17)14-3-4-18-6-10(15)16/h1-2,5H,3-4,6H2,(H,14,17)(H,15,16). The van der Waals surface area contributed by atoms with Gasteiger partial charge in [-0.25, -0.2) is 4.79 Å². The van der Waals surface area contributed by atoms with Gasteiger partial charge in [0.25, 0.3) is 5.91 Å². The Hall–Kier alpha value is -0.670.